The summed E-state index contributed by atoms with van der Waals surface area (Å²) in [6.07, 6.45) is -4.38. The molecule has 2 rings (SSSR count). The zero-order valence-electron chi connectivity index (χ0n) is 11.3. The molecule has 0 fully saturated rings. The van der Waals surface area contributed by atoms with Crippen LogP contribution in [0.25, 0.3) is 11.1 Å². The number of hydrogen-bond donors (Lipinski definition) is 0. The van der Waals surface area contributed by atoms with Crippen LogP contribution in [0, 0.1) is 12.3 Å². The number of hydrogen-bond acceptors (Lipinski definition) is 1. The third-order valence-corrected chi connectivity index (χ3v) is 2.83. The minimum atomic E-state index is -4.89. The fraction of sp³-hybridized carbons (Fsp3) is 0.125. The first-order chi connectivity index (χ1) is 10.6. The number of rotatable bonds is 2. The molecule has 23 heavy (non-hydrogen) atoms. The summed E-state index contributed by atoms with van der Waals surface area (Å²) in [5.41, 5.74) is -0.850. The highest BCUT2D eigenvalue weighted by Crippen LogP contribution is 2.34. The maximum Gasteiger partial charge on any atom is 0.573 e. The second kappa shape index (κ2) is 5.88. The summed E-state index contributed by atoms with van der Waals surface area (Å²) in [4.78, 5) is 0. The van der Waals surface area contributed by atoms with Crippen molar-refractivity contribution in [3.8, 4) is 29.2 Å². The summed E-state index contributed by atoms with van der Waals surface area (Å²) >= 11 is 0. The summed E-state index contributed by atoms with van der Waals surface area (Å²) in [5.74, 6) is 1.56. The van der Waals surface area contributed by atoms with Crippen LogP contribution in [0.5, 0.6) is 5.75 Å². The van der Waals surface area contributed by atoms with E-state index in [2.05, 4.69) is 10.7 Å². The van der Waals surface area contributed by atoms with Gasteiger partial charge in [-0.05, 0) is 41.5 Å². The smallest absolute Gasteiger partial charge is 0.406 e. The van der Waals surface area contributed by atoms with E-state index in [1.165, 1.54) is 18.2 Å². The Labute approximate surface area is 127 Å². The average Bonchev–Trinajstić information content (AvgIpc) is 2.44. The topological polar surface area (TPSA) is 9.23 Å². The lowest BCUT2D eigenvalue weighted by molar-refractivity contribution is -0.274. The molecule has 0 bridgehead atoms. The number of alkyl halides is 6. The van der Waals surface area contributed by atoms with E-state index in [-0.39, 0.29) is 16.7 Å². The fourth-order valence-electron chi connectivity index (χ4n) is 1.91. The third kappa shape index (κ3) is 4.42. The van der Waals surface area contributed by atoms with Gasteiger partial charge in [-0.15, -0.1) is 19.6 Å². The molecule has 0 heterocycles. The van der Waals surface area contributed by atoms with E-state index in [1.54, 1.807) is 0 Å². The molecule has 7 heteroatoms. The Morgan fingerprint density at radius 3 is 2.13 bits per heavy atom. The van der Waals surface area contributed by atoms with Crippen molar-refractivity contribution in [3.63, 3.8) is 0 Å². The van der Waals surface area contributed by atoms with Gasteiger partial charge in [-0.3, -0.25) is 0 Å². The molecule has 0 atom stereocenters. The monoisotopic (exact) mass is 330 g/mol. The van der Waals surface area contributed by atoms with Crippen LogP contribution in [-0.4, -0.2) is 6.36 Å². The van der Waals surface area contributed by atoms with Crippen LogP contribution in [0.2, 0.25) is 0 Å². The zero-order chi connectivity index (χ0) is 17.3. The normalized spacial score (nSPS) is 11.9. The zero-order valence-corrected chi connectivity index (χ0v) is 11.3. The standard InChI is InChI=1S/C16H8F6O/c1-2-10-6-12(8-13(7-10)15(17,18)19)11-4-3-5-14(9-11)23-16(20,21)22/h1,3-9H. The lowest BCUT2D eigenvalue weighted by atomic mass is 9.99. The van der Waals surface area contributed by atoms with Crippen molar-refractivity contribution >= 4 is 0 Å². The predicted octanol–water partition coefficient (Wildman–Crippen LogP) is 5.25. The Hall–Kier alpha value is -2.62. The molecule has 0 aliphatic carbocycles. The second-order valence-corrected chi connectivity index (χ2v) is 4.52. The highest BCUT2D eigenvalue weighted by molar-refractivity contribution is 5.68. The Morgan fingerprint density at radius 1 is 0.870 bits per heavy atom. The minimum absolute atomic E-state index is 0.0306. The highest BCUT2D eigenvalue weighted by Gasteiger charge is 2.32. The number of ether oxygens (including phenoxy) is 1. The molecule has 2 aromatic rings. The van der Waals surface area contributed by atoms with Crippen molar-refractivity contribution in [3.05, 3.63) is 53.6 Å². The summed E-state index contributed by atoms with van der Waals surface area (Å²) in [6.45, 7) is 0. The number of terminal acetylenes is 1. The van der Waals surface area contributed by atoms with Gasteiger partial charge in [0.15, 0.2) is 0 Å². The lowest BCUT2D eigenvalue weighted by Gasteiger charge is -2.12. The van der Waals surface area contributed by atoms with E-state index in [0.717, 1.165) is 24.3 Å². The number of halogens is 6. The SMILES string of the molecule is C#Cc1cc(-c2cccc(OC(F)(F)F)c2)cc(C(F)(F)F)c1. The largest absolute Gasteiger partial charge is 0.573 e. The van der Waals surface area contributed by atoms with Crippen LogP contribution >= 0.6 is 0 Å². The van der Waals surface area contributed by atoms with E-state index >= 15 is 0 Å². The first kappa shape index (κ1) is 16.7. The summed E-state index contributed by atoms with van der Waals surface area (Å²) in [5, 5.41) is 0. The molecule has 0 N–H and O–H groups in total. The van der Waals surface area contributed by atoms with Crippen LogP contribution in [0.15, 0.2) is 42.5 Å². The first-order valence-electron chi connectivity index (χ1n) is 6.13. The van der Waals surface area contributed by atoms with Gasteiger partial charge in [0.2, 0.25) is 0 Å². The van der Waals surface area contributed by atoms with Gasteiger partial charge in [0.25, 0.3) is 0 Å². The van der Waals surface area contributed by atoms with Crippen molar-refractivity contribution in [2.75, 3.05) is 0 Å². The van der Waals surface area contributed by atoms with Crippen molar-refractivity contribution in [1.29, 1.82) is 0 Å². The van der Waals surface area contributed by atoms with Gasteiger partial charge in [0.05, 0.1) is 5.56 Å². The molecular formula is C16H8F6O. The molecule has 0 saturated heterocycles. The van der Waals surface area contributed by atoms with Gasteiger partial charge in [-0.1, -0.05) is 18.1 Å². The molecule has 0 amide bonds. The summed E-state index contributed by atoms with van der Waals surface area (Å²) in [6, 6.07) is 7.52. The number of benzene rings is 2. The van der Waals surface area contributed by atoms with Crippen molar-refractivity contribution in [2.45, 2.75) is 12.5 Å². The molecule has 0 aliphatic heterocycles. The average molecular weight is 330 g/mol. The van der Waals surface area contributed by atoms with E-state index in [0.29, 0.717) is 0 Å². The molecule has 2 aromatic carbocycles. The van der Waals surface area contributed by atoms with Gasteiger partial charge >= 0.3 is 12.5 Å². The molecule has 1 nitrogen and oxygen atoms in total. The van der Waals surface area contributed by atoms with Gasteiger partial charge < -0.3 is 4.74 Å². The Bertz CT molecular complexity index is 752. The van der Waals surface area contributed by atoms with E-state index < -0.39 is 23.9 Å². The van der Waals surface area contributed by atoms with Gasteiger partial charge in [-0.2, -0.15) is 13.2 Å². The second-order valence-electron chi connectivity index (χ2n) is 4.52. The molecule has 0 unspecified atom stereocenters. The van der Waals surface area contributed by atoms with Gasteiger partial charge in [-0.25, -0.2) is 0 Å². The van der Waals surface area contributed by atoms with E-state index in [4.69, 9.17) is 6.42 Å². The third-order valence-electron chi connectivity index (χ3n) is 2.83. The van der Waals surface area contributed by atoms with E-state index in [9.17, 15) is 26.3 Å². The quantitative estimate of drug-likeness (QED) is 0.540. The fourth-order valence-corrected chi connectivity index (χ4v) is 1.91. The van der Waals surface area contributed by atoms with Crippen LogP contribution in [0.1, 0.15) is 11.1 Å². The minimum Gasteiger partial charge on any atom is -0.406 e. The molecule has 120 valence electrons. The maximum atomic E-state index is 12.9. The van der Waals surface area contributed by atoms with Gasteiger partial charge in [0.1, 0.15) is 5.75 Å². The van der Waals surface area contributed by atoms with Crippen LogP contribution in [0.4, 0.5) is 26.3 Å². The van der Waals surface area contributed by atoms with Gasteiger partial charge in [0, 0.05) is 5.56 Å². The molecular weight excluding hydrogens is 322 g/mol. The Morgan fingerprint density at radius 2 is 1.57 bits per heavy atom. The summed E-state index contributed by atoms with van der Waals surface area (Å²) < 4.78 is 79.0. The Kier molecular flexibility index (Phi) is 4.28. The van der Waals surface area contributed by atoms with Crippen LogP contribution in [-0.2, 0) is 6.18 Å². The molecule has 0 saturated carbocycles. The molecule has 0 aliphatic rings. The van der Waals surface area contributed by atoms with Crippen molar-refractivity contribution < 1.29 is 31.1 Å². The lowest BCUT2D eigenvalue weighted by Crippen LogP contribution is -2.17. The van der Waals surface area contributed by atoms with Crippen LogP contribution < -0.4 is 4.74 Å². The van der Waals surface area contributed by atoms with E-state index in [1.807, 2.05) is 0 Å². The molecule has 0 spiro atoms. The predicted molar refractivity (Wildman–Crippen MR) is 71.5 cm³/mol. The summed E-state index contributed by atoms with van der Waals surface area (Å²) in [7, 11) is 0. The molecule has 0 radical (unpaired) electrons. The van der Waals surface area contributed by atoms with Crippen molar-refractivity contribution in [1.82, 2.24) is 0 Å². The first-order valence-corrected chi connectivity index (χ1v) is 6.13. The van der Waals surface area contributed by atoms with Crippen molar-refractivity contribution in [2.24, 2.45) is 0 Å². The Balaban J connectivity index is 2.50. The maximum absolute atomic E-state index is 12.9. The molecule has 0 aromatic heterocycles. The highest BCUT2D eigenvalue weighted by atomic mass is 19.4. The van der Waals surface area contributed by atoms with Crippen LogP contribution in [0.3, 0.4) is 0 Å².